The van der Waals surface area contributed by atoms with Crippen LogP contribution in [0, 0.1) is 5.82 Å². The number of hydrogen-bond donors (Lipinski definition) is 1. The van der Waals surface area contributed by atoms with Crippen molar-refractivity contribution in [2.75, 3.05) is 26.2 Å². The van der Waals surface area contributed by atoms with Crippen molar-refractivity contribution in [3.05, 3.63) is 59.7 Å². The Kier molecular flexibility index (Phi) is 4.41. The minimum Gasteiger partial charge on any atom is -0.506 e. The quantitative estimate of drug-likeness (QED) is 0.907. The average molecular weight is 329 g/mol. The highest BCUT2D eigenvalue weighted by molar-refractivity contribution is 5.96. The van der Waals surface area contributed by atoms with E-state index in [0.717, 1.165) is 0 Å². The Morgan fingerprint density at radius 2 is 1.46 bits per heavy atom. The van der Waals surface area contributed by atoms with Gasteiger partial charge in [0.15, 0.2) is 0 Å². The maximum absolute atomic E-state index is 12.9. The molecule has 124 valence electrons. The maximum Gasteiger partial charge on any atom is 0.255 e. The van der Waals surface area contributed by atoms with E-state index in [0.29, 0.717) is 37.3 Å². The summed E-state index contributed by atoms with van der Waals surface area (Å²) in [6.07, 6.45) is 2.66. The van der Waals surface area contributed by atoms with Crippen molar-refractivity contribution < 1.29 is 19.1 Å². The Morgan fingerprint density at radius 3 is 2.00 bits per heavy atom. The number of aromatic hydroxyl groups is 1. The molecule has 0 saturated carbocycles. The van der Waals surface area contributed by atoms with Crippen molar-refractivity contribution in [2.45, 2.75) is 0 Å². The predicted octanol–water partition coefficient (Wildman–Crippen LogP) is 1.52. The summed E-state index contributed by atoms with van der Waals surface area (Å²) in [6.45, 7) is 1.57. The van der Waals surface area contributed by atoms with Crippen molar-refractivity contribution in [3.8, 4) is 5.75 Å². The molecule has 6 nitrogen and oxygen atoms in total. The van der Waals surface area contributed by atoms with Crippen LogP contribution in [0.1, 0.15) is 20.7 Å². The van der Waals surface area contributed by atoms with E-state index >= 15 is 0 Å². The van der Waals surface area contributed by atoms with Crippen molar-refractivity contribution in [1.29, 1.82) is 0 Å². The first-order valence-corrected chi connectivity index (χ1v) is 7.53. The molecule has 1 N–H and O–H groups in total. The number of nitrogens with zero attached hydrogens (tertiary/aromatic N) is 3. The largest absolute Gasteiger partial charge is 0.506 e. The molecule has 0 aliphatic carbocycles. The monoisotopic (exact) mass is 329 g/mol. The van der Waals surface area contributed by atoms with Gasteiger partial charge in [0, 0.05) is 37.9 Å². The number of amides is 2. The standard InChI is InChI=1S/C17H16FN3O3/c18-14-3-1-12(2-4-14)16(23)20-5-7-21(8-6-20)17(24)13-9-15(22)11-19-10-13/h1-4,9-11,22H,5-8H2. The molecule has 1 saturated heterocycles. The number of benzene rings is 1. The zero-order chi connectivity index (χ0) is 17.1. The van der Waals surface area contributed by atoms with Crippen molar-refractivity contribution in [3.63, 3.8) is 0 Å². The van der Waals surface area contributed by atoms with Crippen LogP contribution in [-0.2, 0) is 0 Å². The topological polar surface area (TPSA) is 73.7 Å². The second kappa shape index (κ2) is 6.66. The number of halogens is 1. The van der Waals surface area contributed by atoms with Crippen LogP contribution in [-0.4, -0.2) is 57.9 Å². The molecule has 0 atom stereocenters. The summed E-state index contributed by atoms with van der Waals surface area (Å²) in [4.78, 5) is 31.8. The van der Waals surface area contributed by atoms with Gasteiger partial charge in [-0.3, -0.25) is 14.6 Å². The number of carbonyl (C=O) groups is 2. The van der Waals surface area contributed by atoms with Gasteiger partial charge in [0.05, 0.1) is 11.8 Å². The molecule has 1 aromatic heterocycles. The summed E-state index contributed by atoms with van der Waals surface area (Å²) in [5, 5.41) is 9.41. The number of aromatic nitrogens is 1. The lowest BCUT2D eigenvalue weighted by Crippen LogP contribution is -2.50. The van der Waals surface area contributed by atoms with Crippen LogP contribution in [0.3, 0.4) is 0 Å². The van der Waals surface area contributed by atoms with Gasteiger partial charge in [-0.2, -0.15) is 0 Å². The summed E-state index contributed by atoms with van der Waals surface area (Å²) in [5.74, 6) is -0.860. The van der Waals surface area contributed by atoms with E-state index in [1.165, 1.54) is 42.7 Å². The molecule has 2 aromatic rings. The van der Waals surface area contributed by atoms with Gasteiger partial charge in [-0.05, 0) is 30.3 Å². The molecule has 0 spiro atoms. The van der Waals surface area contributed by atoms with Crippen molar-refractivity contribution in [2.24, 2.45) is 0 Å². The molecule has 0 bridgehead atoms. The van der Waals surface area contributed by atoms with Gasteiger partial charge in [0.2, 0.25) is 0 Å². The molecule has 1 aliphatic heterocycles. The van der Waals surface area contributed by atoms with E-state index in [1.807, 2.05) is 0 Å². The summed E-state index contributed by atoms with van der Waals surface area (Å²) >= 11 is 0. The first kappa shape index (κ1) is 15.9. The first-order valence-electron chi connectivity index (χ1n) is 7.53. The van der Waals surface area contributed by atoms with Crippen LogP contribution in [0.15, 0.2) is 42.7 Å². The normalized spacial score (nSPS) is 14.5. The van der Waals surface area contributed by atoms with Gasteiger partial charge in [-0.25, -0.2) is 4.39 Å². The van der Waals surface area contributed by atoms with E-state index in [9.17, 15) is 19.1 Å². The molecule has 1 fully saturated rings. The smallest absolute Gasteiger partial charge is 0.255 e. The maximum atomic E-state index is 12.9. The highest BCUT2D eigenvalue weighted by Gasteiger charge is 2.25. The Balaban J connectivity index is 1.62. The molecule has 7 heteroatoms. The van der Waals surface area contributed by atoms with Crippen LogP contribution in [0.4, 0.5) is 4.39 Å². The lowest BCUT2D eigenvalue weighted by molar-refractivity contribution is 0.0535. The predicted molar refractivity (Wildman–Crippen MR) is 84.1 cm³/mol. The summed E-state index contributed by atoms with van der Waals surface area (Å²) in [6, 6.07) is 6.77. The molecule has 0 unspecified atom stereocenters. The summed E-state index contributed by atoms with van der Waals surface area (Å²) in [7, 11) is 0. The second-order valence-corrected chi connectivity index (χ2v) is 5.52. The Hall–Kier alpha value is -2.96. The minimum atomic E-state index is -0.387. The highest BCUT2D eigenvalue weighted by Crippen LogP contribution is 2.14. The SMILES string of the molecule is O=C(c1ccc(F)cc1)N1CCN(C(=O)c2cncc(O)c2)CC1. The van der Waals surface area contributed by atoms with Gasteiger partial charge in [-0.1, -0.05) is 0 Å². The average Bonchev–Trinajstić information content (AvgIpc) is 2.61. The third kappa shape index (κ3) is 3.34. The summed E-state index contributed by atoms with van der Waals surface area (Å²) in [5.41, 5.74) is 0.738. The zero-order valence-electron chi connectivity index (χ0n) is 12.9. The molecule has 0 radical (unpaired) electrons. The van der Waals surface area contributed by atoms with Crippen molar-refractivity contribution >= 4 is 11.8 Å². The molecular weight excluding hydrogens is 313 g/mol. The van der Waals surface area contributed by atoms with E-state index in [2.05, 4.69) is 4.98 Å². The van der Waals surface area contributed by atoms with Crippen LogP contribution < -0.4 is 0 Å². The highest BCUT2D eigenvalue weighted by atomic mass is 19.1. The molecule has 2 heterocycles. The third-order valence-electron chi connectivity index (χ3n) is 3.92. The number of carbonyl (C=O) groups excluding carboxylic acids is 2. The number of piperazine rings is 1. The molecule has 3 rings (SSSR count). The number of pyridine rings is 1. The van der Waals surface area contributed by atoms with Crippen LogP contribution in [0.25, 0.3) is 0 Å². The summed E-state index contributed by atoms with van der Waals surface area (Å²) < 4.78 is 12.9. The molecule has 24 heavy (non-hydrogen) atoms. The minimum absolute atomic E-state index is 0.0639. The van der Waals surface area contributed by atoms with Crippen LogP contribution in [0.2, 0.25) is 0 Å². The van der Waals surface area contributed by atoms with Gasteiger partial charge < -0.3 is 14.9 Å². The van der Waals surface area contributed by atoms with Gasteiger partial charge in [-0.15, -0.1) is 0 Å². The lowest BCUT2D eigenvalue weighted by atomic mass is 10.1. The molecular formula is C17H16FN3O3. The number of rotatable bonds is 2. The zero-order valence-corrected chi connectivity index (χ0v) is 12.9. The van der Waals surface area contributed by atoms with E-state index in [-0.39, 0.29) is 23.4 Å². The first-order chi connectivity index (χ1) is 11.5. The molecule has 2 amide bonds. The second-order valence-electron chi connectivity index (χ2n) is 5.52. The Labute approximate surface area is 138 Å². The van der Waals surface area contributed by atoms with E-state index in [1.54, 1.807) is 9.80 Å². The third-order valence-corrected chi connectivity index (χ3v) is 3.92. The van der Waals surface area contributed by atoms with E-state index < -0.39 is 0 Å². The fourth-order valence-corrected chi connectivity index (χ4v) is 2.61. The van der Waals surface area contributed by atoms with Crippen LogP contribution >= 0.6 is 0 Å². The Bertz CT molecular complexity index is 756. The molecule has 1 aromatic carbocycles. The van der Waals surface area contributed by atoms with Gasteiger partial charge in [0.1, 0.15) is 11.6 Å². The lowest BCUT2D eigenvalue weighted by Gasteiger charge is -2.34. The fraction of sp³-hybridized carbons (Fsp3) is 0.235. The van der Waals surface area contributed by atoms with E-state index in [4.69, 9.17) is 0 Å². The van der Waals surface area contributed by atoms with Gasteiger partial charge in [0.25, 0.3) is 11.8 Å². The molecule has 1 aliphatic rings. The van der Waals surface area contributed by atoms with Crippen LogP contribution in [0.5, 0.6) is 5.75 Å². The van der Waals surface area contributed by atoms with Crippen molar-refractivity contribution in [1.82, 2.24) is 14.8 Å². The van der Waals surface area contributed by atoms with Gasteiger partial charge >= 0.3 is 0 Å². The Morgan fingerprint density at radius 1 is 0.917 bits per heavy atom. The number of hydrogen-bond acceptors (Lipinski definition) is 4. The fourth-order valence-electron chi connectivity index (χ4n) is 2.61.